The fourth-order valence-electron chi connectivity index (χ4n) is 1.35. The van der Waals surface area contributed by atoms with E-state index < -0.39 is 0 Å². The van der Waals surface area contributed by atoms with Crippen molar-refractivity contribution in [1.82, 2.24) is 10.5 Å². The quantitative estimate of drug-likeness (QED) is 0.714. The van der Waals surface area contributed by atoms with E-state index in [9.17, 15) is 4.79 Å². The van der Waals surface area contributed by atoms with Crippen molar-refractivity contribution < 1.29 is 9.32 Å². The number of nitrogens with one attached hydrogen (secondary N) is 2. The van der Waals surface area contributed by atoms with Gasteiger partial charge in [0.15, 0.2) is 5.82 Å². The first kappa shape index (κ1) is 13.7. The maximum atomic E-state index is 11.5. The number of carbonyl (C=O) groups excluding carboxylic acids is 1. The summed E-state index contributed by atoms with van der Waals surface area (Å²) in [7, 11) is 0. The van der Waals surface area contributed by atoms with Crippen LogP contribution in [-0.2, 0) is 4.79 Å². The van der Waals surface area contributed by atoms with E-state index in [-0.39, 0.29) is 5.91 Å². The molecule has 0 bridgehead atoms. The number of aromatic nitrogens is 1. The second-order valence-electron chi connectivity index (χ2n) is 4.55. The van der Waals surface area contributed by atoms with Crippen LogP contribution in [0.4, 0.5) is 5.82 Å². The zero-order valence-corrected chi connectivity index (χ0v) is 10.7. The van der Waals surface area contributed by atoms with E-state index >= 15 is 0 Å². The monoisotopic (exact) mass is 239 g/mol. The maximum absolute atomic E-state index is 11.5. The summed E-state index contributed by atoms with van der Waals surface area (Å²) in [5.74, 6) is 1.81. The lowest BCUT2D eigenvalue weighted by Crippen LogP contribution is -2.23. The first-order valence-corrected chi connectivity index (χ1v) is 6.02. The highest BCUT2D eigenvalue weighted by Crippen LogP contribution is 2.06. The van der Waals surface area contributed by atoms with E-state index in [1.807, 2.05) is 0 Å². The highest BCUT2D eigenvalue weighted by molar-refractivity contribution is 5.89. The summed E-state index contributed by atoms with van der Waals surface area (Å²) in [6.07, 6.45) is 1.58. The van der Waals surface area contributed by atoms with Gasteiger partial charge in [0.25, 0.3) is 0 Å². The van der Waals surface area contributed by atoms with Crippen LogP contribution in [0.25, 0.3) is 0 Å². The number of rotatable bonds is 7. The molecule has 0 radical (unpaired) electrons. The summed E-state index contributed by atoms with van der Waals surface area (Å²) < 4.78 is 4.85. The van der Waals surface area contributed by atoms with Crippen molar-refractivity contribution in [3.05, 3.63) is 11.8 Å². The van der Waals surface area contributed by atoms with Gasteiger partial charge in [-0.1, -0.05) is 19.0 Å². The Morgan fingerprint density at radius 1 is 1.47 bits per heavy atom. The van der Waals surface area contributed by atoms with Crippen LogP contribution in [0, 0.1) is 12.8 Å². The summed E-state index contributed by atoms with van der Waals surface area (Å²) in [4.78, 5) is 11.5. The molecule has 0 saturated carbocycles. The van der Waals surface area contributed by atoms with Gasteiger partial charge in [0.1, 0.15) is 5.76 Å². The Bertz CT molecular complexity index is 347. The molecule has 0 aliphatic heterocycles. The van der Waals surface area contributed by atoms with Gasteiger partial charge in [0.05, 0.1) is 0 Å². The van der Waals surface area contributed by atoms with Gasteiger partial charge >= 0.3 is 0 Å². The van der Waals surface area contributed by atoms with Crippen LogP contribution in [0.5, 0.6) is 0 Å². The molecule has 1 aromatic rings. The molecule has 0 unspecified atom stereocenters. The highest BCUT2D eigenvalue weighted by Gasteiger charge is 2.05. The van der Waals surface area contributed by atoms with E-state index in [0.29, 0.717) is 30.5 Å². The van der Waals surface area contributed by atoms with Crippen LogP contribution in [0.2, 0.25) is 0 Å². The molecular weight excluding hydrogens is 218 g/mol. The van der Waals surface area contributed by atoms with Crippen molar-refractivity contribution >= 4 is 11.7 Å². The van der Waals surface area contributed by atoms with Gasteiger partial charge in [-0.2, -0.15) is 0 Å². The van der Waals surface area contributed by atoms with Crippen LogP contribution in [-0.4, -0.2) is 24.2 Å². The van der Waals surface area contributed by atoms with E-state index in [1.54, 1.807) is 13.0 Å². The predicted octanol–water partition coefficient (Wildman–Crippen LogP) is 1.95. The summed E-state index contributed by atoms with van der Waals surface area (Å²) >= 11 is 0. The van der Waals surface area contributed by atoms with Gasteiger partial charge < -0.3 is 15.2 Å². The van der Waals surface area contributed by atoms with Crippen molar-refractivity contribution in [1.29, 1.82) is 0 Å². The molecule has 0 aliphatic carbocycles. The molecule has 96 valence electrons. The van der Waals surface area contributed by atoms with Crippen LogP contribution >= 0.6 is 0 Å². The Morgan fingerprint density at radius 2 is 2.24 bits per heavy atom. The predicted molar refractivity (Wildman–Crippen MR) is 66.8 cm³/mol. The van der Waals surface area contributed by atoms with Crippen molar-refractivity contribution in [3.63, 3.8) is 0 Å². The SMILES string of the molecule is Cc1cc(NC(=O)CCNCCC(C)C)no1. The minimum Gasteiger partial charge on any atom is -0.360 e. The summed E-state index contributed by atoms with van der Waals surface area (Å²) in [5.41, 5.74) is 0. The lowest BCUT2D eigenvalue weighted by atomic mass is 10.1. The normalized spacial score (nSPS) is 10.8. The highest BCUT2D eigenvalue weighted by atomic mass is 16.5. The molecule has 5 nitrogen and oxygen atoms in total. The minimum atomic E-state index is -0.0460. The number of carbonyl (C=O) groups is 1. The Balaban J connectivity index is 2.09. The molecule has 0 aliphatic rings. The van der Waals surface area contributed by atoms with Crippen molar-refractivity contribution in [3.8, 4) is 0 Å². The fraction of sp³-hybridized carbons (Fsp3) is 0.667. The lowest BCUT2D eigenvalue weighted by molar-refractivity contribution is -0.116. The van der Waals surface area contributed by atoms with Gasteiger partial charge in [-0.3, -0.25) is 4.79 Å². The van der Waals surface area contributed by atoms with Crippen LogP contribution in [0.1, 0.15) is 32.4 Å². The molecule has 1 amide bonds. The number of hydrogen-bond donors (Lipinski definition) is 2. The lowest BCUT2D eigenvalue weighted by Gasteiger charge is -2.06. The second kappa shape index (κ2) is 7.06. The van der Waals surface area contributed by atoms with E-state index in [2.05, 4.69) is 29.6 Å². The number of amides is 1. The smallest absolute Gasteiger partial charge is 0.226 e. The molecule has 1 aromatic heterocycles. The minimum absolute atomic E-state index is 0.0460. The molecule has 1 rings (SSSR count). The molecule has 0 atom stereocenters. The summed E-state index contributed by atoms with van der Waals surface area (Å²) in [6.45, 7) is 7.79. The van der Waals surface area contributed by atoms with Gasteiger partial charge in [0, 0.05) is 19.0 Å². The van der Waals surface area contributed by atoms with Gasteiger partial charge in [-0.05, 0) is 25.8 Å². The Kier molecular flexibility index (Phi) is 5.69. The first-order chi connectivity index (χ1) is 8.08. The molecule has 0 fully saturated rings. The molecule has 0 aromatic carbocycles. The van der Waals surface area contributed by atoms with Crippen molar-refractivity contribution in [2.45, 2.75) is 33.6 Å². The first-order valence-electron chi connectivity index (χ1n) is 6.02. The Hall–Kier alpha value is -1.36. The Labute approximate surface area is 102 Å². The second-order valence-corrected chi connectivity index (χ2v) is 4.55. The molecule has 5 heteroatoms. The topological polar surface area (TPSA) is 67.2 Å². The summed E-state index contributed by atoms with van der Waals surface area (Å²) in [6, 6.07) is 1.70. The molecule has 0 saturated heterocycles. The fourth-order valence-corrected chi connectivity index (χ4v) is 1.35. The van der Waals surface area contributed by atoms with Crippen LogP contribution in [0.15, 0.2) is 10.6 Å². The maximum Gasteiger partial charge on any atom is 0.226 e. The van der Waals surface area contributed by atoms with Crippen molar-refractivity contribution in [2.24, 2.45) is 5.92 Å². The average molecular weight is 239 g/mol. The zero-order valence-electron chi connectivity index (χ0n) is 10.7. The number of hydrogen-bond acceptors (Lipinski definition) is 4. The third-order valence-corrected chi connectivity index (χ3v) is 2.32. The Morgan fingerprint density at radius 3 is 2.82 bits per heavy atom. The van der Waals surface area contributed by atoms with E-state index in [1.165, 1.54) is 0 Å². The van der Waals surface area contributed by atoms with Crippen LogP contribution in [0.3, 0.4) is 0 Å². The van der Waals surface area contributed by atoms with Gasteiger partial charge in [0.2, 0.25) is 5.91 Å². The zero-order chi connectivity index (χ0) is 12.7. The molecular formula is C12H21N3O2. The van der Waals surface area contributed by atoms with E-state index in [0.717, 1.165) is 13.0 Å². The molecule has 17 heavy (non-hydrogen) atoms. The standard InChI is InChI=1S/C12H21N3O2/c1-9(2)4-6-13-7-5-12(16)14-11-8-10(3)17-15-11/h8-9,13H,4-7H2,1-3H3,(H,14,15,16). The van der Waals surface area contributed by atoms with Crippen LogP contribution < -0.4 is 10.6 Å². The number of anilines is 1. The number of nitrogens with zero attached hydrogens (tertiary/aromatic N) is 1. The van der Waals surface area contributed by atoms with E-state index in [4.69, 9.17) is 4.52 Å². The van der Waals surface area contributed by atoms with Crippen molar-refractivity contribution in [2.75, 3.05) is 18.4 Å². The summed E-state index contributed by atoms with van der Waals surface area (Å²) in [5, 5.41) is 9.61. The third kappa shape index (κ3) is 6.06. The third-order valence-electron chi connectivity index (χ3n) is 2.32. The van der Waals surface area contributed by atoms with Gasteiger partial charge in [-0.15, -0.1) is 0 Å². The molecule has 2 N–H and O–H groups in total. The molecule has 1 heterocycles. The molecule has 0 spiro atoms. The average Bonchev–Trinajstić information content (AvgIpc) is 2.63. The largest absolute Gasteiger partial charge is 0.360 e. The number of aryl methyl sites for hydroxylation is 1. The van der Waals surface area contributed by atoms with Gasteiger partial charge in [-0.25, -0.2) is 0 Å².